The van der Waals surface area contributed by atoms with Crippen LogP contribution in [0.2, 0.25) is 0 Å². The Morgan fingerprint density at radius 2 is 1.94 bits per heavy atom. The number of aryl methyl sites for hydroxylation is 2. The van der Waals surface area contributed by atoms with Crippen LogP contribution in [0.15, 0.2) is 23.1 Å². The molecule has 1 fully saturated rings. The third-order valence-electron chi connectivity index (χ3n) is 6.12. The number of aromatic nitrogens is 4. The Hall–Kier alpha value is -3.16. The van der Waals surface area contributed by atoms with E-state index in [9.17, 15) is 9.59 Å². The minimum Gasteiger partial charge on any atom is -0.357 e. The lowest BCUT2D eigenvalue weighted by Gasteiger charge is -2.28. The van der Waals surface area contributed by atoms with Crippen molar-refractivity contribution in [3.05, 3.63) is 51.1 Å². The minimum absolute atomic E-state index is 0.0892. The zero-order valence-corrected chi connectivity index (χ0v) is 19.4. The highest BCUT2D eigenvalue weighted by Gasteiger charge is 2.21. The van der Waals surface area contributed by atoms with Gasteiger partial charge in [-0.15, -0.1) is 0 Å². The van der Waals surface area contributed by atoms with Crippen LogP contribution in [0.4, 0.5) is 5.82 Å². The summed E-state index contributed by atoms with van der Waals surface area (Å²) in [5.74, 6) is 0.663. The topological polar surface area (TPSA) is 95.9 Å². The van der Waals surface area contributed by atoms with E-state index in [1.165, 1.54) is 6.42 Å². The van der Waals surface area contributed by atoms with Gasteiger partial charge in [-0.05, 0) is 71.1 Å². The molecule has 3 aromatic heterocycles. The van der Waals surface area contributed by atoms with Gasteiger partial charge in [0, 0.05) is 36.9 Å². The quantitative estimate of drug-likeness (QED) is 0.618. The highest BCUT2D eigenvalue weighted by Crippen LogP contribution is 2.26. The summed E-state index contributed by atoms with van der Waals surface area (Å²) in [5, 5.41) is 8.25. The fraction of sp³-hybridized carbons (Fsp3) is 0.500. The van der Waals surface area contributed by atoms with E-state index in [4.69, 9.17) is 4.98 Å². The normalized spacial score (nSPS) is 14.3. The van der Waals surface area contributed by atoms with E-state index < -0.39 is 0 Å². The molecule has 0 spiro atoms. The lowest BCUT2D eigenvalue weighted by molar-refractivity contribution is 0.0955. The summed E-state index contributed by atoms with van der Waals surface area (Å²) in [6.45, 7) is 10.2. The van der Waals surface area contributed by atoms with Crippen LogP contribution in [0.1, 0.15) is 66.3 Å². The average molecular weight is 437 g/mol. The van der Waals surface area contributed by atoms with Crippen molar-refractivity contribution in [2.45, 2.75) is 59.4 Å². The van der Waals surface area contributed by atoms with E-state index in [1.54, 1.807) is 6.20 Å². The number of amides is 1. The Kier molecular flexibility index (Phi) is 6.30. The molecule has 0 bridgehead atoms. The predicted octanol–water partition coefficient (Wildman–Crippen LogP) is 3.28. The van der Waals surface area contributed by atoms with Crippen molar-refractivity contribution < 1.29 is 4.79 Å². The van der Waals surface area contributed by atoms with E-state index in [0.717, 1.165) is 54.0 Å². The molecule has 1 amide bonds. The van der Waals surface area contributed by atoms with Crippen molar-refractivity contribution in [2.24, 2.45) is 0 Å². The molecule has 1 aliphatic rings. The van der Waals surface area contributed by atoms with E-state index in [1.807, 2.05) is 30.7 Å². The number of pyridine rings is 2. The van der Waals surface area contributed by atoms with Gasteiger partial charge in [0.1, 0.15) is 5.82 Å². The van der Waals surface area contributed by atoms with E-state index >= 15 is 0 Å². The number of hydrogen-bond acceptors (Lipinski definition) is 5. The predicted molar refractivity (Wildman–Crippen MR) is 127 cm³/mol. The molecule has 0 saturated carbocycles. The zero-order chi connectivity index (χ0) is 22.8. The third-order valence-corrected chi connectivity index (χ3v) is 6.12. The number of carbonyl (C=O) groups excluding carboxylic acids is 1. The van der Waals surface area contributed by atoms with Crippen LogP contribution in [-0.2, 0) is 6.42 Å². The van der Waals surface area contributed by atoms with Crippen LogP contribution in [-0.4, -0.2) is 45.3 Å². The van der Waals surface area contributed by atoms with Crippen LogP contribution >= 0.6 is 0 Å². The van der Waals surface area contributed by atoms with Gasteiger partial charge in [0.05, 0.1) is 17.1 Å². The van der Waals surface area contributed by atoms with Crippen molar-refractivity contribution >= 4 is 22.8 Å². The average Bonchev–Trinajstić information content (AvgIpc) is 3.19. The summed E-state index contributed by atoms with van der Waals surface area (Å²) >= 11 is 0. The van der Waals surface area contributed by atoms with Gasteiger partial charge >= 0.3 is 0 Å². The molecule has 1 aliphatic heterocycles. The van der Waals surface area contributed by atoms with Crippen molar-refractivity contribution in [1.29, 1.82) is 0 Å². The summed E-state index contributed by atoms with van der Waals surface area (Å²) in [6, 6.07) is 3.99. The Balaban J connectivity index is 1.60. The number of H-pyrrole nitrogens is 1. The lowest BCUT2D eigenvalue weighted by Crippen LogP contribution is -2.31. The number of aromatic amines is 1. The monoisotopic (exact) mass is 436 g/mol. The van der Waals surface area contributed by atoms with Crippen molar-refractivity contribution in [2.75, 3.05) is 24.5 Å². The number of carbonyl (C=O) groups is 1. The third kappa shape index (κ3) is 4.40. The van der Waals surface area contributed by atoms with Gasteiger partial charge < -0.3 is 15.2 Å². The smallest absolute Gasteiger partial charge is 0.252 e. The molecule has 0 radical (unpaired) electrons. The molecular formula is C24H32N6O2. The largest absolute Gasteiger partial charge is 0.357 e. The molecule has 2 N–H and O–H groups in total. The fourth-order valence-electron chi connectivity index (χ4n) is 4.44. The Bertz CT molecular complexity index is 1190. The number of piperidine rings is 1. The van der Waals surface area contributed by atoms with E-state index in [-0.39, 0.29) is 17.5 Å². The number of nitrogens with zero attached hydrogens (tertiary/aromatic N) is 4. The molecule has 4 rings (SSSR count). The standard InChI is InChI=1S/C24H32N6O2/c1-15(2)30-22-20(14-26-30)19(13-21(28-22)29-10-6-5-7-11-29)23(31)25-9-8-18-16(3)12-17(4)27-24(18)32/h12-15H,5-11H2,1-4H3,(H,25,31)(H,27,32). The molecule has 3 aromatic rings. The van der Waals surface area contributed by atoms with Gasteiger partial charge in [-0.25, -0.2) is 9.67 Å². The molecule has 8 nitrogen and oxygen atoms in total. The lowest BCUT2D eigenvalue weighted by atomic mass is 10.1. The first kappa shape index (κ1) is 22.0. The summed E-state index contributed by atoms with van der Waals surface area (Å²) in [6.07, 6.45) is 5.70. The second kappa shape index (κ2) is 9.14. The second-order valence-corrected chi connectivity index (χ2v) is 8.94. The molecule has 0 atom stereocenters. The van der Waals surface area contributed by atoms with Crippen molar-refractivity contribution in [1.82, 2.24) is 25.1 Å². The number of anilines is 1. The van der Waals surface area contributed by atoms with E-state index in [2.05, 4.69) is 34.1 Å². The molecule has 0 aliphatic carbocycles. The van der Waals surface area contributed by atoms with Crippen molar-refractivity contribution in [3.8, 4) is 0 Å². The molecule has 0 aromatic carbocycles. The molecule has 32 heavy (non-hydrogen) atoms. The maximum Gasteiger partial charge on any atom is 0.252 e. The van der Waals surface area contributed by atoms with Crippen LogP contribution in [0, 0.1) is 13.8 Å². The van der Waals surface area contributed by atoms with Crippen LogP contribution in [0.5, 0.6) is 0 Å². The van der Waals surface area contributed by atoms with Crippen LogP contribution in [0.25, 0.3) is 11.0 Å². The first-order valence-electron chi connectivity index (χ1n) is 11.5. The Labute approximate surface area is 188 Å². The Morgan fingerprint density at radius 3 is 2.62 bits per heavy atom. The minimum atomic E-state index is -0.167. The fourth-order valence-corrected chi connectivity index (χ4v) is 4.44. The number of hydrogen-bond donors (Lipinski definition) is 2. The number of nitrogens with one attached hydrogen (secondary N) is 2. The SMILES string of the molecule is Cc1cc(C)c(CCNC(=O)c2cc(N3CCCCC3)nc3c2cnn3C(C)C)c(=O)[nH]1. The molecule has 8 heteroatoms. The second-order valence-electron chi connectivity index (χ2n) is 8.94. The first-order chi connectivity index (χ1) is 15.3. The molecule has 170 valence electrons. The summed E-state index contributed by atoms with van der Waals surface area (Å²) < 4.78 is 1.87. The Morgan fingerprint density at radius 1 is 1.19 bits per heavy atom. The highest BCUT2D eigenvalue weighted by atomic mass is 16.1. The van der Waals surface area contributed by atoms with Gasteiger partial charge in [0.15, 0.2) is 5.65 Å². The molecular weight excluding hydrogens is 404 g/mol. The summed E-state index contributed by atoms with van der Waals surface area (Å²) in [7, 11) is 0. The van der Waals surface area contributed by atoms with Gasteiger partial charge in [-0.3, -0.25) is 9.59 Å². The van der Waals surface area contributed by atoms with Crippen LogP contribution < -0.4 is 15.8 Å². The molecule has 1 saturated heterocycles. The molecule has 0 unspecified atom stereocenters. The number of fused-ring (bicyclic) bond motifs is 1. The van der Waals surface area contributed by atoms with Gasteiger partial charge in [0.25, 0.3) is 11.5 Å². The maximum atomic E-state index is 13.2. The zero-order valence-electron chi connectivity index (χ0n) is 19.4. The highest BCUT2D eigenvalue weighted by molar-refractivity contribution is 6.06. The first-order valence-corrected chi connectivity index (χ1v) is 11.5. The maximum absolute atomic E-state index is 13.2. The summed E-state index contributed by atoms with van der Waals surface area (Å²) in [5.41, 5.74) is 3.71. The van der Waals surface area contributed by atoms with E-state index in [0.29, 0.717) is 24.1 Å². The van der Waals surface area contributed by atoms with Crippen LogP contribution in [0.3, 0.4) is 0 Å². The summed E-state index contributed by atoms with van der Waals surface area (Å²) in [4.78, 5) is 35.5. The van der Waals surface area contributed by atoms with Gasteiger partial charge in [-0.2, -0.15) is 5.10 Å². The number of rotatable bonds is 6. The van der Waals surface area contributed by atoms with Gasteiger partial charge in [-0.1, -0.05) is 0 Å². The molecule has 4 heterocycles. The van der Waals surface area contributed by atoms with Gasteiger partial charge in [0.2, 0.25) is 0 Å². The van der Waals surface area contributed by atoms with Crippen molar-refractivity contribution in [3.63, 3.8) is 0 Å².